The Hall–Kier alpha value is -0.980. The van der Waals surface area contributed by atoms with Crippen molar-refractivity contribution in [2.24, 2.45) is 5.92 Å². The van der Waals surface area contributed by atoms with E-state index in [0.29, 0.717) is 0 Å². The van der Waals surface area contributed by atoms with Gasteiger partial charge in [-0.25, -0.2) is 0 Å². The van der Waals surface area contributed by atoms with Gasteiger partial charge in [-0.15, -0.1) is 0 Å². The molecule has 0 saturated carbocycles. The summed E-state index contributed by atoms with van der Waals surface area (Å²) in [6, 6.07) is 0. The first kappa shape index (κ1) is 13.1. The van der Waals surface area contributed by atoms with E-state index in [0.717, 1.165) is 5.92 Å². The predicted molar refractivity (Wildman–Crippen MR) is 72.3 cm³/mol. The monoisotopic (exact) mass is 219 g/mol. The summed E-state index contributed by atoms with van der Waals surface area (Å²) in [5.74, 6) is 0.955. The summed E-state index contributed by atoms with van der Waals surface area (Å²) >= 11 is 0. The van der Waals surface area contributed by atoms with Crippen LogP contribution in [0.4, 0.5) is 0 Å². The quantitative estimate of drug-likeness (QED) is 0.628. The summed E-state index contributed by atoms with van der Waals surface area (Å²) in [5.41, 5.74) is 1.31. The lowest BCUT2D eigenvalue weighted by Gasteiger charge is -2.34. The Morgan fingerprint density at radius 3 is 2.56 bits per heavy atom. The number of hydrogen-bond acceptors (Lipinski definition) is 1. The molecule has 0 unspecified atom stereocenters. The molecule has 0 spiro atoms. The van der Waals surface area contributed by atoms with Crippen molar-refractivity contribution in [1.82, 2.24) is 4.90 Å². The lowest BCUT2D eigenvalue weighted by Crippen LogP contribution is -2.32. The second kappa shape index (κ2) is 7.32. The van der Waals surface area contributed by atoms with Gasteiger partial charge in [-0.2, -0.15) is 0 Å². The fourth-order valence-electron chi connectivity index (χ4n) is 2.45. The van der Waals surface area contributed by atoms with E-state index in [9.17, 15) is 0 Å². The molecular formula is C15H25N. The fraction of sp³-hybridized carbons (Fsp3) is 0.600. The van der Waals surface area contributed by atoms with Crippen LogP contribution in [0.25, 0.3) is 0 Å². The Bertz CT molecular complexity index is 255. The Labute approximate surface area is 101 Å². The van der Waals surface area contributed by atoms with Crippen LogP contribution in [0.1, 0.15) is 39.5 Å². The molecular weight excluding hydrogens is 194 g/mol. The summed E-state index contributed by atoms with van der Waals surface area (Å²) in [7, 11) is 0. The number of piperidine rings is 1. The molecule has 1 heteroatoms. The average molecular weight is 219 g/mol. The van der Waals surface area contributed by atoms with Crippen LogP contribution in [-0.4, -0.2) is 18.0 Å². The summed E-state index contributed by atoms with van der Waals surface area (Å²) in [6.07, 6.45) is 13.7. The van der Waals surface area contributed by atoms with E-state index >= 15 is 0 Å². The molecule has 0 amide bonds. The van der Waals surface area contributed by atoms with Gasteiger partial charge in [-0.05, 0) is 37.8 Å². The number of allylic oxidation sites excluding steroid dienone is 4. The second-order valence-corrected chi connectivity index (χ2v) is 4.55. The first-order chi connectivity index (χ1) is 7.81. The van der Waals surface area contributed by atoms with Crippen LogP contribution in [0, 0.1) is 5.92 Å². The maximum Gasteiger partial charge on any atom is 0.0362 e. The van der Waals surface area contributed by atoms with Gasteiger partial charge in [0, 0.05) is 18.8 Å². The zero-order valence-electron chi connectivity index (χ0n) is 10.8. The molecule has 0 aromatic rings. The average Bonchev–Trinajstić information content (AvgIpc) is 2.30. The topological polar surface area (TPSA) is 3.24 Å². The maximum atomic E-state index is 3.79. The number of hydrogen-bond donors (Lipinski definition) is 0. The minimum absolute atomic E-state index is 0.955. The SMILES string of the molecule is C=C/C=C(\C=C/C)N1CCC(CCC)CC1. The molecule has 1 aliphatic heterocycles. The molecule has 1 nitrogen and oxygen atoms in total. The summed E-state index contributed by atoms with van der Waals surface area (Å²) < 4.78 is 0. The molecule has 0 radical (unpaired) electrons. The van der Waals surface area contributed by atoms with E-state index in [2.05, 4.69) is 43.6 Å². The normalized spacial score (nSPS) is 19.4. The highest BCUT2D eigenvalue weighted by Gasteiger charge is 2.18. The lowest BCUT2D eigenvalue weighted by molar-refractivity contribution is 0.223. The molecule has 0 bridgehead atoms. The van der Waals surface area contributed by atoms with E-state index in [4.69, 9.17) is 0 Å². The third kappa shape index (κ3) is 3.88. The van der Waals surface area contributed by atoms with Crippen molar-refractivity contribution in [2.45, 2.75) is 39.5 Å². The number of likely N-dealkylation sites (tertiary alicyclic amines) is 1. The Morgan fingerprint density at radius 2 is 2.06 bits per heavy atom. The summed E-state index contributed by atoms with van der Waals surface area (Å²) in [4.78, 5) is 2.48. The first-order valence-electron chi connectivity index (χ1n) is 6.52. The van der Waals surface area contributed by atoms with Crippen molar-refractivity contribution in [3.05, 3.63) is 36.6 Å². The van der Waals surface area contributed by atoms with E-state index < -0.39 is 0 Å². The molecule has 16 heavy (non-hydrogen) atoms. The van der Waals surface area contributed by atoms with Gasteiger partial charge in [0.2, 0.25) is 0 Å². The van der Waals surface area contributed by atoms with Gasteiger partial charge in [-0.3, -0.25) is 0 Å². The fourth-order valence-corrected chi connectivity index (χ4v) is 2.45. The molecule has 1 fully saturated rings. The lowest BCUT2D eigenvalue weighted by atomic mass is 9.92. The Morgan fingerprint density at radius 1 is 1.38 bits per heavy atom. The van der Waals surface area contributed by atoms with Crippen LogP contribution < -0.4 is 0 Å². The molecule has 1 aliphatic rings. The molecule has 1 heterocycles. The van der Waals surface area contributed by atoms with Crippen molar-refractivity contribution < 1.29 is 0 Å². The molecule has 0 aliphatic carbocycles. The van der Waals surface area contributed by atoms with Crippen molar-refractivity contribution in [1.29, 1.82) is 0 Å². The van der Waals surface area contributed by atoms with Crippen LogP contribution in [0.3, 0.4) is 0 Å². The van der Waals surface area contributed by atoms with Crippen molar-refractivity contribution in [3.8, 4) is 0 Å². The van der Waals surface area contributed by atoms with E-state index in [1.807, 2.05) is 6.08 Å². The largest absolute Gasteiger partial charge is 0.372 e. The Balaban J connectivity index is 2.50. The summed E-state index contributed by atoms with van der Waals surface area (Å²) in [6.45, 7) is 10.5. The summed E-state index contributed by atoms with van der Waals surface area (Å²) in [5, 5.41) is 0. The van der Waals surface area contributed by atoms with Crippen LogP contribution in [0.5, 0.6) is 0 Å². The predicted octanol–water partition coefficient (Wildman–Crippen LogP) is 4.14. The molecule has 0 N–H and O–H groups in total. The highest BCUT2D eigenvalue weighted by molar-refractivity contribution is 5.22. The van der Waals surface area contributed by atoms with Gasteiger partial charge in [0.1, 0.15) is 0 Å². The van der Waals surface area contributed by atoms with Crippen LogP contribution in [-0.2, 0) is 0 Å². The standard InChI is InChI=1S/C15H25N/c1-4-7-14-10-12-16(13-11-14)15(8-5-2)9-6-3/h5-6,8-9,14H,2,4,7,10-13H2,1,3H3/b9-6-,15-8+. The van der Waals surface area contributed by atoms with Crippen LogP contribution in [0.15, 0.2) is 36.6 Å². The minimum atomic E-state index is 0.955. The number of rotatable bonds is 5. The molecule has 1 rings (SSSR count). The van der Waals surface area contributed by atoms with Gasteiger partial charge < -0.3 is 4.90 Å². The van der Waals surface area contributed by atoms with E-state index in [1.54, 1.807) is 0 Å². The molecule has 0 aromatic heterocycles. The zero-order chi connectivity index (χ0) is 11.8. The highest BCUT2D eigenvalue weighted by Crippen LogP contribution is 2.24. The zero-order valence-corrected chi connectivity index (χ0v) is 10.8. The van der Waals surface area contributed by atoms with E-state index in [-0.39, 0.29) is 0 Å². The molecule has 0 atom stereocenters. The van der Waals surface area contributed by atoms with Gasteiger partial charge >= 0.3 is 0 Å². The van der Waals surface area contributed by atoms with Crippen molar-refractivity contribution >= 4 is 0 Å². The van der Waals surface area contributed by atoms with Gasteiger partial charge in [-0.1, -0.05) is 38.5 Å². The number of nitrogens with zero attached hydrogens (tertiary/aromatic N) is 1. The highest BCUT2D eigenvalue weighted by atomic mass is 15.1. The van der Waals surface area contributed by atoms with E-state index in [1.165, 1.54) is 44.5 Å². The second-order valence-electron chi connectivity index (χ2n) is 4.55. The van der Waals surface area contributed by atoms with Crippen LogP contribution >= 0.6 is 0 Å². The Kier molecular flexibility index (Phi) is 5.99. The third-order valence-electron chi connectivity index (χ3n) is 3.30. The minimum Gasteiger partial charge on any atom is -0.372 e. The van der Waals surface area contributed by atoms with Crippen molar-refractivity contribution in [2.75, 3.05) is 13.1 Å². The van der Waals surface area contributed by atoms with Crippen LogP contribution in [0.2, 0.25) is 0 Å². The third-order valence-corrected chi connectivity index (χ3v) is 3.30. The van der Waals surface area contributed by atoms with Gasteiger partial charge in [0.25, 0.3) is 0 Å². The molecule has 90 valence electrons. The van der Waals surface area contributed by atoms with Gasteiger partial charge in [0.05, 0.1) is 0 Å². The van der Waals surface area contributed by atoms with Crippen molar-refractivity contribution in [3.63, 3.8) is 0 Å². The maximum absolute atomic E-state index is 3.79. The smallest absolute Gasteiger partial charge is 0.0362 e. The van der Waals surface area contributed by atoms with Gasteiger partial charge in [0.15, 0.2) is 0 Å². The molecule has 0 aromatic carbocycles. The molecule has 1 saturated heterocycles. The first-order valence-corrected chi connectivity index (χ1v) is 6.52.